The van der Waals surface area contributed by atoms with Crippen molar-refractivity contribution in [3.63, 3.8) is 0 Å². The number of hydrogen-bond acceptors (Lipinski definition) is 2. The van der Waals surface area contributed by atoms with Crippen molar-refractivity contribution < 1.29 is 4.74 Å². The fourth-order valence-electron chi connectivity index (χ4n) is 0.796. The Morgan fingerprint density at radius 2 is 2.08 bits per heavy atom. The third kappa shape index (κ3) is 2.62. The van der Waals surface area contributed by atoms with E-state index in [2.05, 4.69) is 4.99 Å². The van der Waals surface area contributed by atoms with Gasteiger partial charge in [0, 0.05) is 7.05 Å². The van der Waals surface area contributed by atoms with Gasteiger partial charge < -0.3 is 10.5 Å². The lowest BCUT2D eigenvalue weighted by Gasteiger charge is -2.03. The van der Waals surface area contributed by atoms with E-state index in [4.69, 9.17) is 10.5 Å². The van der Waals surface area contributed by atoms with Crippen molar-refractivity contribution in [2.24, 2.45) is 10.7 Å². The Balaban J connectivity index is 2.44. The minimum Gasteiger partial charge on any atom is -0.461 e. The summed E-state index contributed by atoms with van der Waals surface area (Å²) < 4.78 is 5.10. The number of hydrogen-bond donors (Lipinski definition) is 1. The monoisotopic (exact) mass is 164 g/mol. The molecule has 0 heterocycles. The summed E-state index contributed by atoms with van der Waals surface area (Å²) >= 11 is 0. The molecule has 0 saturated carbocycles. The van der Waals surface area contributed by atoms with Crippen LogP contribution in [0.15, 0.2) is 35.3 Å². The number of nitrogens with two attached hydrogens (primary N) is 1. The van der Waals surface area contributed by atoms with E-state index in [1.807, 2.05) is 30.3 Å². The van der Waals surface area contributed by atoms with Crippen LogP contribution in [-0.4, -0.2) is 13.1 Å². The molecule has 0 aliphatic rings. The summed E-state index contributed by atoms with van der Waals surface area (Å²) in [5.74, 6) is 0. The Labute approximate surface area is 71.9 Å². The highest BCUT2D eigenvalue weighted by atomic mass is 16.5. The maximum atomic E-state index is 5.35. The normalized spacial score (nSPS) is 11.2. The predicted molar refractivity (Wildman–Crippen MR) is 48.8 cm³/mol. The van der Waals surface area contributed by atoms with Crippen molar-refractivity contribution in [1.29, 1.82) is 0 Å². The maximum Gasteiger partial charge on any atom is 0.281 e. The quantitative estimate of drug-likeness (QED) is 0.526. The van der Waals surface area contributed by atoms with Crippen LogP contribution in [-0.2, 0) is 11.3 Å². The van der Waals surface area contributed by atoms with Gasteiger partial charge in [-0.15, -0.1) is 0 Å². The van der Waals surface area contributed by atoms with E-state index in [1.165, 1.54) is 0 Å². The Hall–Kier alpha value is -1.51. The summed E-state index contributed by atoms with van der Waals surface area (Å²) in [7, 11) is 1.60. The molecule has 0 aliphatic heterocycles. The number of aliphatic imine (C=N–C) groups is 1. The minimum absolute atomic E-state index is 0.221. The highest BCUT2D eigenvalue weighted by Crippen LogP contribution is 1.99. The van der Waals surface area contributed by atoms with Crippen molar-refractivity contribution in [3.8, 4) is 0 Å². The van der Waals surface area contributed by atoms with Crippen molar-refractivity contribution in [2.75, 3.05) is 7.05 Å². The van der Waals surface area contributed by atoms with Gasteiger partial charge in [-0.3, -0.25) is 0 Å². The molecule has 1 aromatic carbocycles. The molecule has 0 radical (unpaired) electrons. The molecule has 1 rings (SSSR count). The molecule has 0 amide bonds. The number of amidine groups is 1. The molecular formula is C9H12N2O. The lowest BCUT2D eigenvalue weighted by molar-refractivity contribution is 0.287. The zero-order chi connectivity index (χ0) is 8.81. The summed E-state index contributed by atoms with van der Waals surface area (Å²) in [6.07, 6.45) is 0. The molecular weight excluding hydrogens is 152 g/mol. The van der Waals surface area contributed by atoms with Crippen LogP contribution in [0.1, 0.15) is 5.56 Å². The SMILES string of the molecule is CN=C(N)OCc1ccccc1. The lowest BCUT2D eigenvalue weighted by Crippen LogP contribution is -2.15. The second-order valence-corrected chi connectivity index (χ2v) is 2.34. The molecule has 0 aliphatic carbocycles. The van der Waals surface area contributed by atoms with Crippen LogP contribution >= 0.6 is 0 Å². The highest BCUT2D eigenvalue weighted by molar-refractivity contribution is 5.71. The van der Waals surface area contributed by atoms with Crippen LogP contribution < -0.4 is 5.73 Å². The average molecular weight is 164 g/mol. The molecule has 64 valence electrons. The van der Waals surface area contributed by atoms with Crippen molar-refractivity contribution in [2.45, 2.75) is 6.61 Å². The number of ether oxygens (including phenoxy) is 1. The van der Waals surface area contributed by atoms with Gasteiger partial charge in [-0.25, -0.2) is 4.99 Å². The first-order valence-corrected chi connectivity index (χ1v) is 3.72. The summed E-state index contributed by atoms with van der Waals surface area (Å²) in [6, 6.07) is 10.0. The van der Waals surface area contributed by atoms with Gasteiger partial charge in [0.2, 0.25) is 0 Å². The average Bonchev–Trinajstić information content (AvgIpc) is 2.16. The van der Waals surface area contributed by atoms with Crippen LogP contribution in [0.3, 0.4) is 0 Å². The zero-order valence-corrected chi connectivity index (χ0v) is 7.03. The highest BCUT2D eigenvalue weighted by Gasteiger charge is 1.92. The van der Waals surface area contributed by atoms with E-state index < -0.39 is 0 Å². The molecule has 0 unspecified atom stereocenters. The Morgan fingerprint density at radius 1 is 1.42 bits per heavy atom. The molecule has 1 aromatic rings. The largest absolute Gasteiger partial charge is 0.461 e. The molecule has 3 nitrogen and oxygen atoms in total. The van der Waals surface area contributed by atoms with Gasteiger partial charge in [0.25, 0.3) is 6.02 Å². The van der Waals surface area contributed by atoms with Crippen molar-refractivity contribution >= 4 is 6.02 Å². The lowest BCUT2D eigenvalue weighted by atomic mass is 10.2. The minimum atomic E-state index is 0.221. The molecule has 0 bridgehead atoms. The topological polar surface area (TPSA) is 47.6 Å². The molecule has 0 aromatic heterocycles. The van der Waals surface area contributed by atoms with Crippen molar-refractivity contribution in [3.05, 3.63) is 35.9 Å². The summed E-state index contributed by atoms with van der Waals surface area (Å²) in [4.78, 5) is 3.68. The third-order valence-electron chi connectivity index (χ3n) is 1.45. The Kier molecular flexibility index (Phi) is 3.14. The van der Waals surface area contributed by atoms with Gasteiger partial charge >= 0.3 is 0 Å². The van der Waals surface area contributed by atoms with Gasteiger partial charge in [-0.2, -0.15) is 0 Å². The van der Waals surface area contributed by atoms with Crippen molar-refractivity contribution in [1.82, 2.24) is 0 Å². The van der Waals surface area contributed by atoms with Crippen LogP contribution in [0, 0.1) is 0 Å². The van der Waals surface area contributed by atoms with Gasteiger partial charge in [-0.1, -0.05) is 30.3 Å². The van der Waals surface area contributed by atoms with Crippen LogP contribution in [0.4, 0.5) is 0 Å². The first-order valence-electron chi connectivity index (χ1n) is 3.72. The number of rotatable bonds is 2. The fraction of sp³-hybridized carbons (Fsp3) is 0.222. The number of benzene rings is 1. The molecule has 12 heavy (non-hydrogen) atoms. The summed E-state index contributed by atoms with van der Waals surface area (Å²) in [5.41, 5.74) is 6.44. The standard InChI is InChI=1S/C9H12N2O/c1-11-9(10)12-7-8-5-3-2-4-6-8/h2-6H,7H2,1H3,(H2,10,11). The summed E-state index contributed by atoms with van der Waals surface area (Å²) in [5, 5.41) is 0. The second-order valence-electron chi connectivity index (χ2n) is 2.34. The Bertz CT molecular complexity index is 256. The van der Waals surface area contributed by atoms with Crippen LogP contribution in [0.2, 0.25) is 0 Å². The molecule has 0 saturated heterocycles. The van der Waals surface area contributed by atoms with Gasteiger partial charge in [0.15, 0.2) is 0 Å². The molecule has 0 spiro atoms. The second kappa shape index (κ2) is 4.38. The fourth-order valence-corrected chi connectivity index (χ4v) is 0.796. The van der Waals surface area contributed by atoms with Crippen LogP contribution in [0.5, 0.6) is 0 Å². The smallest absolute Gasteiger partial charge is 0.281 e. The Morgan fingerprint density at radius 3 is 2.67 bits per heavy atom. The van der Waals surface area contributed by atoms with E-state index in [-0.39, 0.29) is 6.02 Å². The number of nitrogens with zero attached hydrogens (tertiary/aromatic N) is 1. The molecule has 3 heteroatoms. The predicted octanol–water partition coefficient (Wildman–Crippen LogP) is 1.15. The zero-order valence-electron chi connectivity index (χ0n) is 7.03. The van der Waals surface area contributed by atoms with Gasteiger partial charge in [-0.05, 0) is 5.56 Å². The summed E-state index contributed by atoms with van der Waals surface area (Å²) in [6.45, 7) is 0.476. The first-order chi connectivity index (χ1) is 5.83. The molecule has 2 N–H and O–H groups in total. The molecule has 0 fully saturated rings. The van der Waals surface area contributed by atoms with E-state index in [1.54, 1.807) is 7.05 Å². The van der Waals surface area contributed by atoms with Crippen LogP contribution in [0.25, 0.3) is 0 Å². The van der Waals surface area contributed by atoms with Gasteiger partial charge in [0.1, 0.15) is 6.61 Å². The van der Waals surface area contributed by atoms with E-state index in [9.17, 15) is 0 Å². The first kappa shape index (κ1) is 8.59. The van der Waals surface area contributed by atoms with Gasteiger partial charge in [0.05, 0.1) is 0 Å². The van der Waals surface area contributed by atoms with E-state index in [0.29, 0.717) is 6.61 Å². The van der Waals surface area contributed by atoms with E-state index in [0.717, 1.165) is 5.56 Å². The molecule has 0 atom stereocenters. The maximum absolute atomic E-state index is 5.35. The van der Waals surface area contributed by atoms with E-state index >= 15 is 0 Å². The third-order valence-corrected chi connectivity index (χ3v) is 1.45.